The number of hydrogen-bond acceptors (Lipinski definition) is 7. The molecule has 38 heavy (non-hydrogen) atoms. The molecule has 0 aliphatic carbocycles. The molecule has 2 amide bonds. The van der Waals surface area contributed by atoms with E-state index in [-0.39, 0.29) is 68.5 Å². The average molecular weight is 583 g/mol. The number of carbonyl (C=O) groups excluding carboxylic acids is 2. The molecule has 3 aromatic rings. The first-order valence-electron chi connectivity index (χ1n) is 12.1. The zero-order valence-electron chi connectivity index (χ0n) is 22.1. The Kier molecular flexibility index (Phi) is 13.0. The number of aryl methyl sites for hydroxylation is 1. The number of unbranched alkanes of at least 4 members (excludes halogenated alkanes) is 1. The van der Waals surface area contributed by atoms with Crippen LogP contribution in [-0.4, -0.2) is 42.8 Å². The minimum absolute atomic E-state index is 0. The number of carboxylic acids is 1. The maximum atomic E-state index is 12.9. The third-order valence-corrected chi connectivity index (χ3v) is 7.76. The molecule has 2 aromatic carbocycles. The normalized spacial score (nSPS) is 11.0. The van der Waals surface area contributed by atoms with E-state index in [1.54, 1.807) is 41.2 Å². The third-order valence-electron chi connectivity index (χ3n) is 5.70. The molecule has 9 nitrogen and oxygen atoms in total. The van der Waals surface area contributed by atoms with Crippen molar-refractivity contribution in [3.8, 4) is 11.1 Å². The zero-order valence-corrected chi connectivity index (χ0v) is 26.9. The summed E-state index contributed by atoms with van der Waals surface area (Å²) < 4.78 is 29.6. The summed E-state index contributed by atoms with van der Waals surface area (Å²) in [5.41, 5.74) is 1.97. The number of sulfonamides is 1. The molecule has 0 radical (unpaired) electrons. The summed E-state index contributed by atoms with van der Waals surface area (Å²) in [6, 6.07) is 12.8. The Labute approximate surface area is 270 Å². The van der Waals surface area contributed by atoms with Gasteiger partial charge < -0.3 is 19.8 Å². The van der Waals surface area contributed by atoms with Gasteiger partial charge in [0.05, 0.1) is 16.6 Å². The summed E-state index contributed by atoms with van der Waals surface area (Å²) in [6.07, 6.45) is 4.95. The first-order chi connectivity index (χ1) is 17.7. The van der Waals surface area contributed by atoms with Crippen molar-refractivity contribution in [1.29, 1.82) is 0 Å². The van der Waals surface area contributed by atoms with Gasteiger partial charge in [0.25, 0.3) is 10.0 Å². The number of benzene rings is 2. The molecule has 0 saturated heterocycles. The van der Waals surface area contributed by atoms with Crippen LogP contribution in [0.15, 0.2) is 58.5 Å². The smallest absolute Gasteiger partial charge is 0.543 e. The van der Waals surface area contributed by atoms with Crippen molar-refractivity contribution in [1.82, 2.24) is 19.6 Å². The van der Waals surface area contributed by atoms with Crippen LogP contribution in [-0.2, 0) is 23.0 Å². The summed E-state index contributed by atoms with van der Waals surface area (Å²) in [7, 11) is -4.11. The Morgan fingerprint density at radius 1 is 1.05 bits per heavy atom. The van der Waals surface area contributed by atoms with Gasteiger partial charge in [-0.05, 0) is 36.3 Å². The van der Waals surface area contributed by atoms with Gasteiger partial charge in [-0.25, -0.2) is 22.9 Å². The molecular formula is C26H31KN4O5S2. The van der Waals surface area contributed by atoms with Crippen molar-refractivity contribution in [2.45, 2.75) is 56.0 Å². The van der Waals surface area contributed by atoms with Crippen LogP contribution in [0.2, 0.25) is 0 Å². The maximum Gasteiger partial charge on any atom is 1.00 e. The van der Waals surface area contributed by atoms with Gasteiger partial charge in [-0.2, -0.15) is 0 Å². The van der Waals surface area contributed by atoms with E-state index in [9.17, 15) is 23.1 Å². The summed E-state index contributed by atoms with van der Waals surface area (Å²) in [5.74, 6) is -0.579. The number of nitrogens with one attached hydrogen (secondary N) is 2. The minimum Gasteiger partial charge on any atom is -0.543 e. The summed E-state index contributed by atoms with van der Waals surface area (Å²) in [5, 5.41) is 14.8. The molecule has 0 spiro atoms. The molecule has 198 valence electrons. The van der Waals surface area contributed by atoms with Gasteiger partial charge in [0.1, 0.15) is 10.9 Å². The second-order valence-corrected chi connectivity index (χ2v) is 10.9. The predicted molar refractivity (Wildman–Crippen MR) is 142 cm³/mol. The van der Waals surface area contributed by atoms with Crippen LogP contribution in [0.4, 0.5) is 4.79 Å². The molecule has 0 unspecified atom stereocenters. The molecule has 0 bridgehead atoms. The second-order valence-electron chi connectivity index (χ2n) is 8.42. The largest absolute Gasteiger partial charge is 1.00 e. The summed E-state index contributed by atoms with van der Waals surface area (Å²) in [6.45, 7) is 4.58. The monoisotopic (exact) mass is 582 g/mol. The molecule has 0 aliphatic rings. The molecule has 1 aromatic heterocycles. The number of aromatic carboxylic acids is 1. The van der Waals surface area contributed by atoms with Crippen LogP contribution >= 0.6 is 11.8 Å². The van der Waals surface area contributed by atoms with Gasteiger partial charge in [0.15, 0.2) is 0 Å². The van der Waals surface area contributed by atoms with E-state index in [0.717, 1.165) is 18.4 Å². The third kappa shape index (κ3) is 8.17. The molecule has 12 heteroatoms. The number of imidazole rings is 1. The van der Waals surface area contributed by atoms with Gasteiger partial charge >= 0.3 is 57.4 Å². The number of thioether (sulfide) groups is 1. The van der Waals surface area contributed by atoms with Crippen LogP contribution in [0, 0.1) is 0 Å². The number of hydrogen-bond donors (Lipinski definition) is 2. The van der Waals surface area contributed by atoms with Crippen molar-refractivity contribution < 1.29 is 74.5 Å². The van der Waals surface area contributed by atoms with E-state index in [0.29, 0.717) is 41.4 Å². The Bertz CT molecular complexity index is 1360. The van der Waals surface area contributed by atoms with E-state index in [1.165, 1.54) is 17.8 Å². The topological polar surface area (TPSA) is 133 Å². The summed E-state index contributed by atoms with van der Waals surface area (Å²) >= 11 is 1.27. The molecule has 0 fully saturated rings. The average Bonchev–Trinajstić information content (AvgIpc) is 3.23. The SMILES string of the molecule is CCCCc1nc(SC)c(C(=O)[O-])n1Cc1ccc(-c2ccccc2S(=O)(=O)NC(=O)NCCC)cc1.[K+]. The predicted octanol–water partition coefficient (Wildman–Crippen LogP) is 0.428. The zero-order chi connectivity index (χ0) is 27.0. The number of carbonyl (C=O) groups is 2. The first kappa shape index (κ1) is 32.5. The maximum absolute atomic E-state index is 12.9. The van der Waals surface area contributed by atoms with Crippen LogP contribution < -0.4 is 66.5 Å². The Morgan fingerprint density at radius 2 is 1.74 bits per heavy atom. The number of amides is 2. The van der Waals surface area contributed by atoms with Crippen molar-refractivity contribution in [2.24, 2.45) is 0 Å². The fourth-order valence-corrected chi connectivity index (χ4v) is 5.62. The number of nitrogens with zero attached hydrogens (tertiary/aromatic N) is 2. The number of aromatic nitrogens is 2. The minimum atomic E-state index is -4.11. The molecule has 0 saturated carbocycles. The van der Waals surface area contributed by atoms with E-state index in [2.05, 4.69) is 21.9 Å². The van der Waals surface area contributed by atoms with Crippen LogP contribution in [0.1, 0.15) is 55.0 Å². The van der Waals surface area contributed by atoms with E-state index >= 15 is 0 Å². The van der Waals surface area contributed by atoms with E-state index in [4.69, 9.17) is 0 Å². The Balaban J connectivity index is 0.00000507. The Hall–Kier alpha value is -1.67. The van der Waals surface area contributed by atoms with Crippen molar-refractivity contribution >= 4 is 33.8 Å². The second kappa shape index (κ2) is 15.2. The van der Waals surface area contributed by atoms with Crippen molar-refractivity contribution in [2.75, 3.05) is 12.8 Å². The standard InChI is InChI=1S/C26H32N4O5S2.K/c1-4-6-11-22-28-24(36-3)23(25(31)32)30(22)17-18-12-14-19(15-13-18)20-9-7-8-10-21(20)37(34,35)29-26(33)27-16-5-2;/h7-10,12-15H,4-6,11,16-17H2,1-3H3,(H,31,32)(H2,27,29,33);/q;+1/p-1. The molecule has 0 atom stereocenters. The first-order valence-corrected chi connectivity index (χ1v) is 14.8. The van der Waals surface area contributed by atoms with Gasteiger partial charge in [-0.15, -0.1) is 11.8 Å². The van der Waals surface area contributed by atoms with Crippen LogP contribution in [0.25, 0.3) is 11.1 Å². The number of rotatable bonds is 12. The van der Waals surface area contributed by atoms with Gasteiger partial charge in [-0.3, -0.25) is 0 Å². The number of urea groups is 1. The molecule has 2 N–H and O–H groups in total. The molecule has 0 aliphatic heterocycles. The fraction of sp³-hybridized carbons (Fsp3) is 0.346. The molecular weight excluding hydrogens is 552 g/mol. The van der Waals surface area contributed by atoms with Crippen LogP contribution in [0.3, 0.4) is 0 Å². The quantitative estimate of drug-likeness (QED) is 0.234. The summed E-state index contributed by atoms with van der Waals surface area (Å²) in [4.78, 5) is 28.4. The van der Waals surface area contributed by atoms with Crippen molar-refractivity contribution in [3.05, 3.63) is 65.6 Å². The van der Waals surface area contributed by atoms with E-state index < -0.39 is 22.0 Å². The Morgan fingerprint density at radius 3 is 2.34 bits per heavy atom. The van der Waals surface area contributed by atoms with Gasteiger partial charge in [-0.1, -0.05) is 62.7 Å². The fourth-order valence-electron chi connectivity index (χ4n) is 3.87. The van der Waals surface area contributed by atoms with Crippen LogP contribution in [0.5, 0.6) is 0 Å². The van der Waals surface area contributed by atoms with Gasteiger partial charge in [0.2, 0.25) is 0 Å². The van der Waals surface area contributed by atoms with Gasteiger partial charge in [0, 0.05) is 25.1 Å². The van der Waals surface area contributed by atoms with E-state index in [1.807, 2.05) is 19.1 Å². The molecule has 1 heterocycles. The van der Waals surface area contributed by atoms with Crippen molar-refractivity contribution in [3.63, 3.8) is 0 Å². The number of carboxylic acid groups (broad SMARTS) is 1. The molecule has 3 rings (SSSR count).